The van der Waals surface area contributed by atoms with Crippen molar-refractivity contribution in [2.45, 2.75) is 19.4 Å². The third-order valence-corrected chi connectivity index (χ3v) is 3.10. The predicted molar refractivity (Wildman–Crippen MR) is 70.5 cm³/mol. The molecule has 20 heavy (non-hydrogen) atoms. The first-order chi connectivity index (χ1) is 9.58. The van der Waals surface area contributed by atoms with E-state index >= 15 is 0 Å². The molecular weight excluding hydrogens is 265 g/mol. The Morgan fingerprint density at radius 2 is 2.15 bits per heavy atom. The van der Waals surface area contributed by atoms with Crippen LogP contribution in [0.4, 0.5) is 10.1 Å². The molecule has 1 saturated carbocycles. The summed E-state index contributed by atoms with van der Waals surface area (Å²) in [6.07, 6.45) is 1.91. The van der Waals surface area contributed by atoms with E-state index in [9.17, 15) is 19.3 Å². The molecule has 1 aromatic rings. The Morgan fingerprint density at radius 1 is 1.40 bits per heavy atom. The van der Waals surface area contributed by atoms with E-state index < -0.39 is 10.7 Å². The summed E-state index contributed by atoms with van der Waals surface area (Å²) in [6.45, 7) is 1.12. The molecule has 0 heterocycles. The Labute approximate surface area is 115 Å². The predicted octanol–water partition coefficient (Wildman–Crippen LogP) is 1.35. The van der Waals surface area contributed by atoms with E-state index in [1.54, 1.807) is 0 Å². The van der Waals surface area contributed by atoms with Crippen molar-refractivity contribution < 1.29 is 14.1 Å². The number of hydrogen-bond acceptors (Lipinski definition) is 4. The lowest BCUT2D eigenvalue weighted by Gasteiger charge is -2.07. The third kappa shape index (κ3) is 3.99. The molecular formula is C13H16FN3O3. The van der Waals surface area contributed by atoms with Crippen molar-refractivity contribution in [3.8, 4) is 0 Å². The maximum atomic E-state index is 13.1. The molecule has 1 aromatic carbocycles. The zero-order chi connectivity index (χ0) is 14.5. The fourth-order valence-electron chi connectivity index (χ4n) is 1.86. The van der Waals surface area contributed by atoms with Gasteiger partial charge in [0.15, 0.2) is 0 Å². The van der Waals surface area contributed by atoms with Gasteiger partial charge in [-0.05, 0) is 25.0 Å². The summed E-state index contributed by atoms with van der Waals surface area (Å²) < 4.78 is 13.1. The quantitative estimate of drug-likeness (QED) is 0.449. The highest BCUT2D eigenvalue weighted by Gasteiger charge is 2.28. The molecule has 1 aliphatic rings. The summed E-state index contributed by atoms with van der Waals surface area (Å²) in [6, 6.07) is 3.37. The van der Waals surface area contributed by atoms with Gasteiger partial charge in [-0.25, -0.2) is 4.39 Å². The van der Waals surface area contributed by atoms with Crippen molar-refractivity contribution in [2.75, 3.05) is 13.1 Å². The van der Waals surface area contributed by atoms with Crippen molar-refractivity contribution in [3.63, 3.8) is 0 Å². The molecule has 1 fully saturated rings. The fraction of sp³-hybridized carbons (Fsp3) is 0.462. The van der Waals surface area contributed by atoms with Gasteiger partial charge in [-0.1, -0.05) is 0 Å². The van der Waals surface area contributed by atoms with E-state index in [1.807, 2.05) is 0 Å². The van der Waals surface area contributed by atoms with Gasteiger partial charge in [0, 0.05) is 37.2 Å². The first kappa shape index (κ1) is 14.4. The van der Waals surface area contributed by atoms with Crippen LogP contribution in [0.3, 0.4) is 0 Å². The zero-order valence-electron chi connectivity index (χ0n) is 10.9. The molecule has 108 valence electrons. The molecule has 7 heteroatoms. The normalized spacial score (nSPS) is 14.1. The van der Waals surface area contributed by atoms with Crippen LogP contribution in [0.2, 0.25) is 0 Å². The molecule has 1 aliphatic carbocycles. The summed E-state index contributed by atoms with van der Waals surface area (Å²) in [5.74, 6) is -0.280. The standard InChI is InChI=1S/C13H16FN3O3/c14-11-3-4-12(17(19)20)10(7-11)8-15-5-6-16-13(18)9-1-2-9/h3-4,7,9,15H,1-2,5-6,8H2,(H,16,18). The van der Waals surface area contributed by atoms with Gasteiger partial charge in [-0.2, -0.15) is 0 Å². The number of carbonyl (C=O) groups is 1. The molecule has 0 bridgehead atoms. The van der Waals surface area contributed by atoms with Crippen molar-refractivity contribution in [2.24, 2.45) is 5.92 Å². The third-order valence-electron chi connectivity index (χ3n) is 3.10. The van der Waals surface area contributed by atoms with Crippen molar-refractivity contribution >= 4 is 11.6 Å². The Morgan fingerprint density at radius 3 is 2.80 bits per heavy atom. The zero-order valence-corrected chi connectivity index (χ0v) is 10.9. The van der Waals surface area contributed by atoms with Gasteiger partial charge in [0.2, 0.25) is 5.91 Å². The average Bonchev–Trinajstić information content (AvgIpc) is 3.22. The smallest absolute Gasteiger partial charge is 0.274 e. The summed E-state index contributed by atoms with van der Waals surface area (Å²) in [5, 5.41) is 16.5. The average molecular weight is 281 g/mol. The second-order valence-electron chi connectivity index (χ2n) is 4.77. The van der Waals surface area contributed by atoms with Gasteiger partial charge in [-0.15, -0.1) is 0 Å². The highest BCUT2D eigenvalue weighted by Crippen LogP contribution is 2.28. The molecule has 2 N–H and O–H groups in total. The minimum atomic E-state index is -0.536. The van der Waals surface area contributed by atoms with Crippen LogP contribution in [0.25, 0.3) is 0 Å². The minimum Gasteiger partial charge on any atom is -0.355 e. The Hall–Kier alpha value is -2.02. The van der Waals surface area contributed by atoms with E-state index in [1.165, 1.54) is 0 Å². The van der Waals surface area contributed by atoms with Gasteiger partial charge >= 0.3 is 0 Å². The minimum absolute atomic E-state index is 0.0588. The Bertz CT molecular complexity index is 518. The van der Waals surface area contributed by atoms with Crippen LogP contribution >= 0.6 is 0 Å². The lowest BCUT2D eigenvalue weighted by Crippen LogP contribution is -2.32. The SMILES string of the molecule is O=C(NCCNCc1cc(F)ccc1[N+](=O)[O-])C1CC1. The Balaban J connectivity index is 1.76. The van der Waals surface area contributed by atoms with Crippen LogP contribution in [0.5, 0.6) is 0 Å². The Kier molecular flexibility index (Phi) is 4.62. The topological polar surface area (TPSA) is 84.3 Å². The molecule has 2 rings (SSSR count). The molecule has 0 spiro atoms. The lowest BCUT2D eigenvalue weighted by atomic mass is 10.1. The molecule has 6 nitrogen and oxygen atoms in total. The number of nitrogens with zero attached hydrogens (tertiary/aromatic N) is 1. The number of amides is 1. The first-order valence-electron chi connectivity index (χ1n) is 6.49. The van der Waals surface area contributed by atoms with Gasteiger partial charge in [0.05, 0.1) is 4.92 Å². The summed E-state index contributed by atoms with van der Waals surface area (Å²) in [7, 11) is 0. The molecule has 1 amide bonds. The van der Waals surface area contributed by atoms with Crippen LogP contribution in [-0.4, -0.2) is 23.9 Å². The van der Waals surface area contributed by atoms with Crippen molar-refractivity contribution in [1.82, 2.24) is 10.6 Å². The summed E-state index contributed by atoms with van der Waals surface area (Å²) in [5.41, 5.74) is 0.185. The van der Waals surface area contributed by atoms with E-state index in [0.29, 0.717) is 18.7 Å². The lowest BCUT2D eigenvalue weighted by molar-refractivity contribution is -0.385. The van der Waals surface area contributed by atoms with Gasteiger partial charge in [0.1, 0.15) is 5.82 Å². The van der Waals surface area contributed by atoms with Crippen LogP contribution in [0.15, 0.2) is 18.2 Å². The van der Waals surface area contributed by atoms with E-state index in [4.69, 9.17) is 0 Å². The molecule has 0 radical (unpaired) electrons. The van der Waals surface area contributed by atoms with Crippen LogP contribution in [-0.2, 0) is 11.3 Å². The largest absolute Gasteiger partial charge is 0.355 e. The number of nitro benzene ring substituents is 1. The van der Waals surface area contributed by atoms with Gasteiger partial charge < -0.3 is 10.6 Å². The molecule has 0 unspecified atom stereocenters. The number of nitrogens with one attached hydrogen (secondary N) is 2. The number of halogens is 1. The van der Waals surface area contributed by atoms with E-state index in [-0.39, 0.29) is 24.1 Å². The molecule has 0 aromatic heterocycles. The monoisotopic (exact) mass is 281 g/mol. The number of rotatable bonds is 7. The maximum Gasteiger partial charge on any atom is 0.274 e. The van der Waals surface area contributed by atoms with Crippen molar-refractivity contribution in [1.29, 1.82) is 0 Å². The highest BCUT2D eigenvalue weighted by molar-refractivity contribution is 5.80. The van der Waals surface area contributed by atoms with Gasteiger partial charge in [-0.3, -0.25) is 14.9 Å². The maximum absolute atomic E-state index is 13.1. The van der Waals surface area contributed by atoms with Crippen LogP contribution in [0, 0.1) is 21.8 Å². The van der Waals surface area contributed by atoms with Crippen LogP contribution < -0.4 is 10.6 Å². The van der Waals surface area contributed by atoms with E-state index in [2.05, 4.69) is 10.6 Å². The number of benzene rings is 1. The van der Waals surface area contributed by atoms with Crippen LogP contribution in [0.1, 0.15) is 18.4 Å². The number of hydrogen-bond donors (Lipinski definition) is 2. The highest BCUT2D eigenvalue weighted by atomic mass is 19.1. The second kappa shape index (κ2) is 6.42. The second-order valence-corrected chi connectivity index (χ2v) is 4.77. The molecule has 0 atom stereocenters. The first-order valence-corrected chi connectivity index (χ1v) is 6.49. The fourth-order valence-corrected chi connectivity index (χ4v) is 1.86. The summed E-state index contributed by atoms with van der Waals surface area (Å²) in [4.78, 5) is 21.6. The molecule has 0 aliphatic heterocycles. The number of nitro groups is 1. The van der Waals surface area contributed by atoms with E-state index in [0.717, 1.165) is 31.0 Å². The number of carbonyl (C=O) groups excluding carboxylic acids is 1. The van der Waals surface area contributed by atoms with Gasteiger partial charge in [0.25, 0.3) is 5.69 Å². The molecule has 0 saturated heterocycles. The van der Waals surface area contributed by atoms with Crippen molar-refractivity contribution in [3.05, 3.63) is 39.7 Å². The summed E-state index contributed by atoms with van der Waals surface area (Å²) >= 11 is 0.